The van der Waals surface area contributed by atoms with Crippen LogP contribution >= 0.6 is 0 Å². The molecular formula is C21H19N3O2. The van der Waals surface area contributed by atoms with Gasteiger partial charge in [0.1, 0.15) is 5.75 Å². The smallest absolute Gasteiger partial charge is 0.335 e. The molecule has 0 saturated carbocycles. The average molecular weight is 345 g/mol. The minimum Gasteiger partial charge on any atom is -0.497 e. The van der Waals surface area contributed by atoms with Crippen LogP contribution in [0.1, 0.15) is 23.6 Å². The van der Waals surface area contributed by atoms with E-state index in [1.807, 2.05) is 42.5 Å². The van der Waals surface area contributed by atoms with Crippen LogP contribution in [-0.2, 0) is 0 Å². The summed E-state index contributed by atoms with van der Waals surface area (Å²) in [5, 5.41) is 8.20. The summed E-state index contributed by atoms with van der Waals surface area (Å²) in [6, 6.07) is 21.3. The maximum absolute atomic E-state index is 11.9. The molecule has 1 aliphatic rings. The van der Waals surface area contributed by atoms with Crippen LogP contribution in [0.4, 0.5) is 4.79 Å². The molecular weight excluding hydrogens is 326 g/mol. The number of benzene rings is 3. The molecule has 3 aromatic carbocycles. The summed E-state index contributed by atoms with van der Waals surface area (Å²) in [4.78, 5) is 11.9. The topological polar surface area (TPSA) is 67.9 Å². The van der Waals surface area contributed by atoms with Gasteiger partial charge in [-0.25, -0.2) is 9.80 Å². The van der Waals surface area contributed by atoms with Crippen LogP contribution < -0.4 is 10.5 Å². The van der Waals surface area contributed by atoms with Crippen LogP contribution in [0.5, 0.6) is 5.75 Å². The van der Waals surface area contributed by atoms with Crippen molar-refractivity contribution in [3.8, 4) is 5.75 Å². The van der Waals surface area contributed by atoms with Gasteiger partial charge in [-0.2, -0.15) is 5.10 Å². The van der Waals surface area contributed by atoms with Crippen molar-refractivity contribution >= 4 is 22.5 Å². The minimum absolute atomic E-state index is 0.208. The Morgan fingerprint density at radius 2 is 1.81 bits per heavy atom. The summed E-state index contributed by atoms with van der Waals surface area (Å²) in [5.41, 5.74) is 8.41. The third kappa shape index (κ3) is 2.88. The lowest BCUT2D eigenvalue weighted by atomic mass is 9.97. The van der Waals surface area contributed by atoms with Gasteiger partial charge in [0.15, 0.2) is 0 Å². The van der Waals surface area contributed by atoms with Gasteiger partial charge in [0.05, 0.1) is 18.9 Å². The Kier molecular flexibility index (Phi) is 4.05. The standard InChI is InChI=1S/C21H19N3O2/c1-26-18-10-8-15(9-11-18)20-13-19(23-24(20)21(22)25)17-7-6-14-4-2-3-5-16(14)12-17/h2-12,20H,13H2,1H3,(H2,22,25)/t20-/m1/s1. The van der Waals surface area contributed by atoms with E-state index in [1.165, 1.54) is 10.4 Å². The molecule has 0 unspecified atom stereocenters. The van der Waals surface area contributed by atoms with Crippen molar-refractivity contribution in [2.24, 2.45) is 10.8 Å². The van der Waals surface area contributed by atoms with Crippen molar-refractivity contribution in [3.05, 3.63) is 77.9 Å². The van der Waals surface area contributed by atoms with Crippen LogP contribution in [0.2, 0.25) is 0 Å². The molecule has 0 aromatic heterocycles. The number of methoxy groups -OCH3 is 1. The lowest BCUT2D eigenvalue weighted by molar-refractivity contribution is 0.196. The SMILES string of the molecule is COc1ccc([C@H]2CC(c3ccc4ccccc4c3)=NN2C(N)=O)cc1. The van der Waals surface area contributed by atoms with Gasteiger partial charge in [-0.15, -0.1) is 0 Å². The molecule has 5 heteroatoms. The number of carbonyl (C=O) groups is 1. The number of rotatable bonds is 3. The van der Waals surface area contributed by atoms with E-state index in [9.17, 15) is 4.79 Å². The van der Waals surface area contributed by atoms with E-state index in [2.05, 4.69) is 29.4 Å². The molecule has 26 heavy (non-hydrogen) atoms. The average Bonchev–Trinajstić information content (AvgIpc) is 3.13. The van der Waals surface area contributed by atoms with Gasteiger partial charge in [-0.3, -0.25) is 0 Å². The van der Waals surface area contributed by atoms with Gasteiger partial charge in [0.25, 0.3) is 0 Å². The summed E-state index contributed by atoms with van der Waals surface area (Å²) in [5.74, 6) is 0.771. The molecule has 5 nitrogen and oxygen atoms in total. The van der Waals surface area contributed by atoms with Crippen molar-refractivity contribution in [1.29, 1.82) is 0 Å². The van der Waals surface area contributed by atoms with Gasteiger partial charge < -0.3 is 10.5 Å². The molecule has 3 aromatic rings. The number of hydrogen-bond donors (Lipinski definition) is 1. The van der Waals surface area contributed by atoms with Crippen LogP contribution in [0.3, 0.4) is 0 Å². The minimum atomic E-state index is -0.554. The molecule has 0 bridgehead atoms. The Balaban J connectivity index is 1.68. The van der Waals surface area contributed by atoms with Crippen molar-refractivity contribution in [3.63, 3.8) is 0 Å². The van der Waals surface area contributed by atoms with Gasteiger partial charge in [-0.1, -0.05) is 48.5 Å². The highest BCUT2D eigenvalue weighted by Gasteiger charge is 2.32. The fraction of sp³-hybridized carbons (Fsp3) is 0.143. The zero-order valence-corrected chi connectivity index (χ0v) is 14.4. The Labute approximate surface area is 151 Å². The normalized spacial score (nSPS) is 16.6. The van der Waals surface area contributed by atoms with Crippen LogP contribution in [0, 0.1) is 0 Å². The van der Waals surface area contributed by atoms with E-state index in [0.717, 1.165) is 28.0 Å². The van der Waals surface area contributed by atoms with Crippen molar-refractivity contribution in [2.75, 3.05) is 7.11 Å². The van der Waals surface area contributed by atoms with E-state index in [4.69, 9.17) is 10.5 Å². The number of ether oxygens (including phenoxy) is 1. The van der Waals surface area contributed by atoms with Crippen LogP contribution in [0.15, 0.2) is 71.8 Å². The summed E-state index contributed by atoms with van der Waals surface area (Å²) in [6.45, 7) is 0. The first-order valence-corrected chi connectivity index (χ1v) is 8.45. The summed E-state index contributed by atoms with van der Waals surface area (Å²) in [6.07, 6.45) is 0.619. The molecule has 0 aliphatic carbocycles. The number of amides is 2. The van der Waals surface area contributed by atoms with Crippen LogP contribution in [-0.4, -0.2) is 23.9 Å². The Morgan fingerprint density at radius 3 is 2.50 bits per heavy atom. The number of fused-ring (bicyclic) bond motifs is 1. The lowest BCUT2D eigenvalue weighted by Crippen LogP contribution is -2.31. The maximum Gasteiger partial charge on any atom is 0.335 e. The van der Waals surface area contributed by atoms with E-state index < -0.39 is 6.03 Å². The third-order valence-corrected chi connectivity index (χ3v) is 4.72. The second-order valence-electron chi connectivity index (χ2n) is 6.28. The van der Waals surface area contributed by atoms with E-state index in [1.54, 1.807) is 7.11 Å². The zero-order valence-electron chi connectivity index (χ0n) is 14.4. The molecule has 2 N–H and O–H groups in total. The molecule has 0 spiro atoms. The second kappa shape index (κ2) is 6.52. The first-order chi connectivity index (χ1) is 12.7. The second-order valence-corrected chi connectivity index (χ2v) is 6.28. The number of hydrogen-bond acceptors (Lipinski definition) is 3. The first kappa shape index (κ1) is 16.1. The van der Waals surface area contributed by atoms with Gasteiger partial charge in [-0.05, 0) is 40.1 Å². The summed E-state index contributed by atoms with van der Waals surface area (Å²) in [7, 11) is 1.63. The molecule has 2 amide bonds. The van der Waals surface area contributed by atoms with Crippen LogP contribution in [0.25, 0.3) is 10.8 Å². The number of primary amides is 1. The fourth-order valence-electron chi connectivity index (χ4n) is 3.34. The summed E-state index contributed by atoms with van der Waals surface area (Å²) >= 11 is 0. The Bertz CT molecular complexity index is 996. The van der Waals surface area contributed by atoms with Gasteiger partial charge in [0, 0.05) is 6.42 Å². The van der Waals surface area contributed by atoms with E-state index >= 15 is 0 Å². The number of nitrogens with zero attached hydrogens (tertiary/aromatic N) is 2. The van der Waals surface area contributed by atoms with Crippen molar-refractivity contribution < 1.29 is 9.53 Å². The molecule has 0 fully saturated rings. The highest BCUT2D eigenvalue weighted by atomic mass is 16.5. The predicted molar refractivity (Wildman–Crippen MR) is 102 cm³/mol. The quantitative estimate of drug-likeness (QED) is 0.777. The van der Waals surface area contributed by atoms with E-state index in [0.29, 0.717) is 6.42 Å². The first-order valence-electron chi connectivity index (χ1n) is 8.45. The molecule has 0 saturated heterocycles. The van der Waals surface area contributed by atoms with Gasteiger partial charge in [0.2, 0.25) is 0 Å². The molecule has 1 aliphatic heterocycles. The molecule has 4 rings (SSSR count). The Hall–Kier alpha value is -3.34. The molecule has 1 heterocycles. The van der Waals surface area contributed by atoms with Gasteiger partial charge >= 0.3 is 6.03 Å². The zero-order chi connectivity index (χ0) is 18.1. The number of carbonyl (C=O) groups excluding carboxylic acids is 1. The highest BCUT2D eigenvalue weighted by Crippen LogP contribution is 2.33. The molecule has 0 radical (unpaired) electrons. The number of nitrogens with two attached hydrogens (primary N) is 1. The monoisotopic (exact) mass is 345 g/mol. The lowest BCUT2D eigenvalue weighted by Gasteiger charge is -2.20. The number of urea groups is 1. The summed E-state index contributed by atoms with van der Waals surface area (Å²) < 4.78 is 5.20. The van der Waals surface area contributed by atoms with E-state index in [-0.39, 0.29) is 6.04 Å². The Morgan fingerprint density at radius 1 is 1.08 bits per heavy atom. The molecule has 130 valence electrons. The van der Waals surface area contributed by atoms with Crippen molar-refractivity contribution in [2.45, 2.75) is 12.5 Å². The predicted octanol–water partition coefficient (Wildman–Crippen LogP) is 4.08. The number of hydrazone groups is 1. The fourth-order valence-corrected chi connectivity index (χ4v) is 3.34. The largest absolute Gasteiger partial charge is 0.497 e. The molecule has 1 atom stereocenters. The van der Waals surface area contributed by atoms with Crippen molar-refractivity contribution in [1.82, 2.24) is 5.01 Å². The maximum atomic E-state index is 11.9. The highest BCUT2D eigenvalue weighted by molar-refractivity contribution is 6.05. The third-order valence-electron chi connectivity index (χ3n) is 4.72.